The highest BCUT2D eigenvalue weighted by molar-refractivity contribution is 6.34. The van der Waals surface area contributed by atoms with E-state index >= 15 is 0 Å². The molecule has 1 aliphatic rings. The molecule has 4 nitrogen and oxygen atoms in total. The van der Waals surface area contributed by atoms with E-state index in [1.54, 1.807) is 30.3 Å². The lowest BCUT2D eigenvalue weighted by Crippen LogP contribution is -2.17. The fourth-order valence-corrected chi connectivity index (χ4v) is 2.52. The van der Waals surface area contributed by atoms with Gasteiger partial charge in [-0.1, -0.05) is 29.8 Å². The van der Waals surface area contributed by atoms with E-state index in [0.29, 0.717) is 47.4 Å². The Labute approximate surface area is 138 Å². The average Bonchev–Trinajstić information content (AvgIpc) is 2.55. The van der Waals surface area contributed by atoms with Crippen LogP contribution < -0.4 is 14.8 Å². The molecule has 120 valence electrons. The molecule has 0 radical (unpaired) electrons. The molecule has 1 aliphatic heterocycles. The lowest BCUT2D eigenvalue weighted by molar-refractivity contribution is -0.116. The molecule has 0 aliphatic carbocycles. The first-order valence-electron chi connectivity index (χ1n) is 7.26. The highest BCUT2D eigenvalue weighted by Crippen LogP contribution is 2.38. The Morgan fingerprint density at radius 1 is 1.17 bits per heavy atom. The van der Waals surface area contributed by atoms with Gasteiger partial charge in [-0.15, -0.1) is 0 Å². The van der Waals surface area contributed by atoms with Crippen LogP contribution in [0.5, 0.6) is 11.5 Å². The van der Waals surface area contributed by atoms with E-state index in [4.69, 9.17) is 21.1 Å². The zero-order valence-corrected chi connectivity index (χ0v) is 13.0. The number of fused-ring (bicyclic) bond motifs is 1. The second-order valence-electron chi connectivity index (χ2n) is 5.12. The van der Waals surface area contributed by atoms with Crippen molar-refractivity contribution in [2.45, 2.75) is 12.8 Å². The van der Waals surface area contributed by atoms with Crippen LogP contribution in [0, 0.1) is 5.82 Å². The summed E-state index contributed by atoms with van der Waals surface area (Å²) in [7, 11) is 0. The smallest absolute Gasteiger partial charge is 0.224 e. The Balaban J connectivity index is 1.65. The summed E-state index contributed by atoms with van der Waals surface area (Å²) in [5, 5.41) is 3.09. The van der Waals surface area contributed by atoms with Crippen molar-refractivity contribution >= 4 is 23.2 Å². The van der Waals surface area contributed by atoms with Gasteiger partial charge in [0.1, 0.15) is 19.0 Å². The monoisotopic (exact) mass is 335 g/mol. The van der Waals surface area contributed by atoms with Gasteiger partial charge in [0.2, 0.25) is 5.91 Å². The van der Waals surface area contributed by atoms with Gasteiger partial charge in [0.05, 0.1) is 10.7 Å². The molecule has 0 fully saturated rings. The van der Waals surface area contributed by atoms with E-state index < -0.39 is 0 Å². The molecule has 3 rings (SSSR count). The fraction of sp³-hybridized carbons (Fsp3) is 0.235. The summed E-state index contributed by atoms with van der Waals surface area (Å²) in [6.45, 7) is 0.924. The van der Waals surface area contributed by atoms with Gasteiger partial charge in [0.15, 0.2) is 11.5 Å². The number of hydrogen-bond acceptors (Lipinski definition) is 3. The van der Waals surface area contributed by atoms with Gasteiger partial charge in [-0.25, -0.2) is 4.39 Å². The number of aryl methyl sites for hydroxylation is 1. The second-order valence-corrected chi connectivity index (χ2v) is 5.52. The SMILES string of the molecule is O=C(CCc1ccccc1F)Nc1cc2c(cc1Cl)OCCO2. The number of carbonyl (C=O) groups is 1. The molecule has 1 N–H and O–H groups in total. The highest BCUT2D eigenvalue weighted by atomic mass is 35.5. The highest BCUT2D eigenvalue weighted by Gasteiger charge is 2.16. The van der Waals surface area contributed by atoms with Crippen molar-refractivity contribution in [3.63, 3.8) is 0 Å². The molecule has 0 saturated carbocycles. The molecule has 6 heteroatoms. The first kappa shape index (κ1) is 15.6. The number of nitrogens with one attached hydrogen (secondary N) is 1. The predicted octanol–water partition coefficient (Wildman–Crippen LogP) is 3.82. The van der Waals surface area contributed by atoms with Crippen molar-refractivity contribution in [2.24, 2.45) is 0 Å². The number of hydrogen-bond donors (Lipinski definition) is 1. The molecule has 1 amide bonds. The summed E-state index contributed by atoms with van der Waals surface area (Å²) in [5.74, 6) is 0.556. The molecule has 0 aromatic heterocycles. The Morgan fingerprint density at radius 2 is 1.87 bits per heavy atom. The van der Waals surface area contributed by atoms with Crippen molar-refractivity contribution in [2.75, 3.05) is 18.5 Å². The van der Waals surface area contributed by atoms with Crippen LogP contribution >= 0.6 is 11.6 Å². The Hall–Kier alpha value is -2.27. The molecule has 0 bridgehead atoms. The van der Waals surface area contributed by atoms with Gasteiger partial charge in [-0.2, -0.15) is 0 Å². The predicted molar refractivity (Wildman–Crippen MR) is 85.8 cm³/mol. The van der Waals surface area contributed by atoms with Gasteiger partial charge in [-0.3, -0.25) is 4.79 Å². The standard InChI is InChI=1S/C17H15ClFNO3/c18-12-9-15-16(23-8-7-22-15)10-14(12)20-17(21)6-5-11-3-1-2-4-13(11)19/h1-4,9-10H,5-8H2,(H,20,21). The van der Waals surface area contributed by atoms with Crippen molar-refractivity contribution in [3.8, 4) is 11.5 Å². The number of halogens is 2. The maximum Gasteiger partial charge on any atom is 0.224 e. The Morgan fingerprint density at radius 3 is 2.61 bits per heavy atom. The summed E-state index contributed by atoms with van der Waals surface area (Å²) >= 11 is 6.14. The van der Waals surface area contributed by atoms with Crippen molar-refractivity contribution in [3.05, 3.63) is 52.8 Å². The van der Waals surface area contributed by atoms with Crippen LogP contribution in [0.4, 0.5) is 10.1 Å². The zero-order valence-electron chi connectivity index (χ0n) is 12.3. The van der Waals surface area contributed by atoms with Gasteiger partial charge < -0.3 is 14.8 Å². The molecular formula is C17H15ClFNO3. The third-order valence-corrected chi connectivity index (χ3v) is 3.80. The van der Waals surface area contributed by atoms with E-state index in [1.807, 2.05) is 0 Å². The first-order valence-corrected chi connectivity index (χ1v) is 7.63. The molecular weight excluding hydrogens is 321 g/mol. The zero-order chi connectivity index (χ0) is 16.2. The molecule has 0 saturated heterocycles. The topological polar surface area (TPSA) is 47.6 Å². The van der Waals surface area contributed by atoms with E-state index in [1.165, 1.54) is 6.07 Å². The quantitative estimate of drug-likeness (QED) is 0.924. The normalized spacial score (nSPS) is 12.8. The second kappa shape index (κ2) is 6.87. The summed E-state index contributed by atoms with van der Waals surface area (Å²) < 4.78 is 24.4. The van der Waals surface area contributed by atoms with Gasteiger partial charge in [0.25, 0.3) is 0 Å². The number of ether oxygens (including phenoxy) is 2. The van der Waals surface area contributed by atoms with E-state index in [2.05, 4.69) is 5.32 Å². The van der Waals surface area contributed by atoms with Gasteiger partial charge in [-0.05, 0) is 18.1 Å². The maximum atomic E-state index is 13.5. The third kappa shape index (κ3) is 3.74. The summed E-state index contributed by atoms with van der Waals surface area (Å²) in [4.78, 5) is 12.1. The van der Waals surface area contributed by atoms with E-state index in [-0.39, 0.29) is 18.1 Å². The number of amides is 1. The molecule has 0 spiro atoms. The summed E-state index contributed by atoms with van der Waals surface area (Å²) in [6, 6.07) is 9.66. The maximum absolute atomic E-state index is 13.5. The van der Waals surface area contributed by atoms with Crippen LogP contribution in [0.1, 0.15) is 12.0 Å². The van der Waals surface area contributed by atoms with E-state index in [9.17, 15) is 9.18 Å². The van der Waals surface area contributed by atoms with Crippen LogP contribution in [0.25, 0.3) is 0 Å². The number of carbonyl (C=O) groups excluding carboxylic acids is 1. The molecule has 1 heterocycles. The van der Waals surface area contributed by atoms with Crippen LogP contribution in [-0.2, 0) is 11.2 Å². The minimum absolute atomic E-state index is 0.158. The first-order chi connectivity index (χ1) is 11.1. The number of rotatable bonds is 4. The fourth-order valence-electron chi connectivity index (χ4n) is 2.32. The van der Waals surface area contributed by atoms with Crippen LogP contribution in [0.2, 0.25) is 5.02 Å². The van der Waals surface area contributed by atoms with Crippen molar-refractivity contribution < 1.29 is 18.7 Å². The Bertz CT molecular complexity index is 736. The largest absolute Gasteiger partial charge is 0.486 e. The van der Waals surface area contributed by atoms with E-state index in [0.717, 1.165) is 0 Å². The minimum atomic E-state index is -0.308. The minimum Gasteiger partial charge on any atom is -0.486 e. The van der Waals surface area contributed by atoms with Crippen LogP contribution in [-0.4, -0.2) is 19.1 Å². The number of anilines is 1. The third-order valence-electron chi connectivity index (χ3n) is 3.49. The molecule has 2 aromatic rings. The van der Waals surface area contributed by atoms with Crippen molar-refractivity contribution in [1.82, 2.24) is 0 Å². The molecule has 2 aromatic carbocycles. The lowest BCUT2D eigenvalue weighted by atomic mass is 10.1. The van der Waals surface area contributed by atoms with Crippen LogP contribution in [0.15, 0.2) is 36.4 Å². The van der Waals surface area contributed by atoms with Crippen LogP contribution in [0.3, 0.4) is 0 Å². The van der Waals surface area contributed by atoms with Gasteiger partial charge in [0, 0.05) is 18.6 Å². The lowest BCUT2D eigenvalue weighted by Gasteiger charge is -2.20. The Kier molecular flexibility index (Phi) is 4.67. The van der Waals surface area contributed by atoms with Crippen molar-refractivity contribution in [1.29, 1.82) is 0 Å². The van der Waals surface area contributed by atoms with Gasteiger partial charge >= 0.3 is 0 Å². The molecule has 0 unspecified atom stereocenters. The summed E-state index contributed by atoms with van der Waals surface area (Å²) in [6.07, 6.45) is 0.479. The molecule has 0 atom stereocenters. The summed E-state index contributed by atoms with van der Waals surface area (Å²) in [5.41, 5.74) is 0.963. The molecule has 23 heavy (non-hydrogen) atoms. The number of benzene rings is 2. The average molecular weight is 336 g/mol.